The summed E-state index contributed by atoms with van der Waals surface area (Å²) in [5, 5.41) is 2.82. The lowest BCUT2D eigenvalue weighted by Gasteiger charge is -2.16. The van der Waals surface area contributed by atoms with Crippen LogP contribution in [0.2, 0.25) is 0 Å². The van der Waals surface area contributed by atoms with Crippen molar-refractivity contribution in [1.29, 1.82) is 0 Å². The number of benzene rings is 2. The van der Waals surface area contributed by atoms with Gasteiger partial charge in [-0.1, -0.05) is 17.7 Å². The van der Waals surface area contributed by atoms with E-state index in [1.54, 1.807) is 31.2 Å². The molecule has 2 amide bonds. The van der Waals surface area contributed by atoms with Crippen LogP contribution < -0.4 is 10.1 Å². The first-order valence-electron chi connectivity index (χ1n) is 8.96. The van der Waals surface area contributed by atoms with E-state index in [1.807, 2.05) is 36.1 Å². The number of nitrogens with zero attached hydrogens (tertiary/aromatic N) is 1. The summed E-state index contributed by atoms with van der Waals surface area (Å²) < 4.78 is 5.66. The third kappa shape index (κ3) is 4.42. The predicted octanol–water partition coefficient (Wildman–Crippen LogP) is 3.64. The second kappa shape index (κ2) is 8.04. The Hall–Kier alpha value is -2.82. The zero-order valence-electron chi connectivity index (χ0n) is 15.2. The monoisotopic (exact) mass is 352 g/mol. The maximum absolute atomic E-state index is 12.3. The maximum Gasteiger partial charge on any atom is 0.265 e. The van der Waals surface area contributed by atoms with E-state index >= 15 is 0 Å². The van der Waals surface area contributed by atoms with E-state index in [4.69, 9.17) is 4.74 Å². The number of nitrogens with one attached hydrogen (secondary N) is 1. The highest BCUT2D eigenvalue weighted by Gasteiger charge is 2.19. The van der Waals surface area contributed by atoms with Gasteiger partial charge in [-0.3, -0.25) is 9.59 Å². The number of anilines is 1. The largest absolute Gasteiger partial charge is 0.481 e. The normalized spacial score (nSPS) is 14.8. The summed E-state index contributed by atoms with van der Waals surface area (Å²) in [5.74, 6) is 0.477. The molecule has 1 N–H and O–H groups in total. The van der Waals surface area contributed by atoms with Crippen LogP contribution in [0, 0.1) is 6.92 Å². The first-order chi connectivity index (χ1) is 12.5. The van der Waals surface area contributed by atoms with E-state index in [-0.39, 0.29) is 11.8 Å². The number of carbonyl (C=O) groups is 2. The van der Waals surface area contributed by atoms with Gasteiger partial charge >= 0.3 is 0 Å². The Kier molecular flexibility index (Phi) is 5.56. The minimum absolute atomic E-state index is 0.0523. The van der Waals surface area contributed by atoms with Crippen LogP contribution in [0.5, 0.6) is 5.75 Å². The second-order valence-electron chi connectivity index (χ2n) is 6.64. The molecule has 1 unspecified atom stereocenters. The molecule has 0 aromatic heterocycles. The molecule has 1 atom stereocenters. The van der Waals surface area contributed by atoms with Crippen LogP contribution in [0.15, 0.2) is 48.5 Å². The molecular formula is C21H24N2O3. The molecular weight excluding hydrogens is 328 g/mol. The fourth-order valence-corrected chi connectivity index (χ4v) is 2.92. The topological polar surface area (TPSA) is 58.6 Å². The van der Waals surface area contributed by atoms with E-state index in [9.17, 15) is 9.59 Å². The smallest absolute Gasteiger partial charge is 0.265 e. The molecule has 26 heavy (non-hydrogen) atoms. The fraction of sp³-hybridized carbons (Fsp3) is 0.333. The minimum atomic E-state index is -0.622. The summed E-state index contributed by atoms with van der Waals surface area (Å²) in [4.78, 5) is 26.5. The van der Waals surface area contributed by atoms with Crippen molar-refractivity contribution in [2.24, 2.45) is 0 Å². The molecule has 5 heteroatoms. The molecule has 136 valence electrons. The highest BCUT2D eigenvalue weighted by atomic mass is 16.5. The zero-order chi connectivity index (χ0) is 18.5. The standard InChI is InChI=1S/C21H24N2O3/c1-15-5-11-19(12-6-15)26-16(2)20(24)22-18-9-7-17(8-10-18)21(25)23-13-3-4-14-23/h5-12,16H,3-4,13-14H2,1-2H3,(H,22,24). The number of hydrogen-bond acceptors (Lipinski definition) is 3. The summed E-state index contributed by atoms with van der Waals surface area (Å²) in [6, 6.07) is 14.6. The molecule has 1 saturated heterocycles. The Morgan fingerprint density at radius 2 is 1.62 bits per heavy atom. The average Bonchev–Trinajstić information content (AvgIpc) is 3.18. The quantitative estimate of drug-likeness (QED) is 0.894. The Morgan fingerprint density at radius 1 is 1.00 bits per heavy atom. The summed E-state index contributed by atoms with van der Waals surface area (Å²) >= 11 is 0. The highest BCUT2D eigenvalue weighted by Crippen LogP contribution is 2.17. The molecule has 1 fully saturated rings. The van der Waals surface area contributed by atoms with Gasteiger partial charge in [-0.15, -0.1) is 0 Å². The van der Waals surface area contributed by atoms with Gasteiger partial charge < -0.3 is 15.0 Å². The van der Waals surface area contributed by atoms with Crippen molar-refractivity contribution in [3.05, 3.63) is 59.7 Å². The van der Waals surface area contributed by atoms with E-state index in [2.05, 4.69) is 5.32 Å². The van der Waals surface area contributed by atoms with Crippen molar-refractivity contribution in [3.8, 4) is 5.75 Å². The Bertz CT molecular complexity index is 763. The molecule has 0 saturated carbocycles. The summed E-state index contributed by atoms with van der Waals surface area (Å²) in [6.45, 7) is 5.36. The van der Waals surface area contributed by atoms with Crippen molar-refractivity contribution >= 4 is 17.5 Å². The van der Waals surface area contributed by atoms with Gasteiger partial charge in [-0.25, -0.2) is 0 Å². The van der Waals surface area contributed by atoms with E-state index in [0.29, 0.717) is 17.0 Å². The highest BCUT2D eigenvalue weighted by molar-refractivity contribution is 5.97. The van der Waals surface area contributed by atoms with Crippen LogP contribution >= 0.6 is 0 Å². The number of hydrogen-bond donors (Lipinski definition) is 1. The molecule has 0 aliphatic carbocycles. The Balaban J connectivity index is 1.56. The molecule has 0 radical (unpaired) electrons. The first kappa shape index (κ1) is 18.0. The summed E-state index contributed by atoms with van der Waals surface area (Å²) in [5.41, 5.74) is 2.43. The van der Waals surface area contributed by atoms with Crippen molar-refractivity contribution in [3.63, 3.8) is 0 Å². The van der Waals surface area contributed by atoms with Crippen LogP contribution in [0.25, 0.3) is 0 Å². The molecule has 1 aliphatic rings. The van der Waals surface area contributed by atoms with Crippen molar-refractivity contribution < 1.29 is 14.3 Å². The summed E-state index contributed by atoms with van der Waals surface area (Å²) in [6.07, 6.45) is 1.51. The van der Waals surface area contributed by atoms with Crippen molar-refractivity contribution in [2.75, 3.05) is 18.4 Å². The molecule has 0 bridgehead atoms. The number of rotatable bonds is 5. The average molecular weight is 352 g/mol. The third-order valence-corrected chi connectivity index (χ3v) is 4.50. The van der Waals surface area contributed by atoms with Crippen LogP contribution in [-0.4, -0.2) is 35.9 Å². The Morgan fingerprint density at radius 3 is 2.23 bits per heavy atom. The number of carbonyl (C=O) groups excluding carboxylic acids is 2. The second-order valence-corrected chi connectivity index (χ2v) is 6.64. The van der Waals surface area contributed by atoms with E-state index in [1.165, 1.54) is 0 Å². The molecule has 2 aromatic carbocycles. The van der Waals surface area contributed by atoms with Gasteiger partial charge in [0.15, 0.2) is 6.10 Å². The fourth-order valence-electron chi connectivity index (χ4n) is 2.92. The summed E-state index contributed by atoms with van der Waals surface area (Å²) in [7, 11) is 0. The number of likely N-dealkylation sites (tertiary alicyclic amines) is 1. The van der Waals surface area contributed by atoms with Gasteiger partial charge in [0.05, 0.1) is 0 Å². The lowest BCUT2D eigenvalue weighted by atomic mass is 10.2. The Labute approximate surface area is 154 Å². The number of amides is 2. The predicted molar refractivity (Wildman–Crippen MR) is 101 cm³/mol. The van der Waals surface area contributed by atoms with Gasteiger partial charge in [0.25, 0.3) is 11.8 Å². The maximum atomic E-state index is 12.3. The molecule has 3 rings (SSSR count). The molecule has 1 heterocycles. The zero-order valence-corrected chi connectivity index (χ0v) is 15.2. The van der Waals surface area contributed by atoms with Gasteiger partial charge in [0.2, 0.25) is 0 Å². The van der Waals surface area contributed by atoms with Gasteiger partial charge in [0.1, 0.15) is 5.75 Å². The van der Waals surface area contributed by atoms with Gasteiger partial charge in [0, 0.05) is 24.3 Å². The number of aryl methyl sites for hydroxylation is 1. The first-order valence-corrected chi connectivity index (χ1v) is 8.96. The van der Waals surface area contributed by atoms with Crippen LogP contribution in [0.1, 0.15) is 35.7 Å². The van der Waals surface area contributed by atoms with Gasteiger partial charge in [-0.05, 0) is 63.1 Å². The van der Waals surface area contributed by atoms with Crippen molar-refractivity contribution in [1.82, 2.24) is 4.90 Å². The van der Waals surface area contributed by atoms with Crippen LogP contribution in [-0.2, 0) is 4.79 Å². The lowest BCUT2D eigenvalue weighted by Crippen LogP contribution is -2.30. The van der Waals surface area contributed by atoms with Crippen LogP contribution in [0.4, 0.5) is 5.69 Å². The van der Waals surface area contributed by atoms with Crippen LogP contribution in [0.3, 0.4) is 0 Å². The molecule has 2 aromatic rings. The molecule has 0 spiro atoms. The molecule has 5 nitrogen and oxygen atoms in total. The van der Waals surface area contributed by atoms with E-state index < -0.39 is 6.10 Å². The lowest BCUT2D eigenvalue weighted by molar-refractivity contribution is -0.122. The SMILES string of the molecule is Cc1ccc(OC(C)C(=O)Nc2ccc(C(=O)N3CCCC3)cc2)cc1. The minimum Gasteiger partial charge on any atom is -0.481 e. The van der Waals surface area contributed by atoms with E-state index in [0.717, 1.165) is 31.5 Å². The number of ether oxygens (including phenoxy) is 1. The van der Waals surface area contributed by atoms with Crippen molar-refractivity contribution in [2.45, 2.75) is 32.8 Å². The molecule has 1 aliphatic heterocycles. The third-order valence-electron chi connectivity index (χ3n) is 4.50. The van der Waals surface area contributed by atoms with Gasteiger partial charge in [-0.2, -0.15) is 0 Å².